The van der Waals surface area contributed by atoms with Crippen molar-refractivity contribution in [1.82, 2.24) is 5.32 Å². The third-order valence-electron chi connectivity index (χ3n) is 4.69. The van der Waals surface area contributed by atoms with Crippen LogP contribution in [0.4, 0.5) is 0 Å². The lowest BCUT2D eigenvalue weighted by atomic mass is 9.93. The van der Waals surface area contributed by atoms with Gasteiger partial charge in [-0.3, -0.25) is 0 Å². The molecule has 0 aliphatic heterocycles. The Labute approximate surface area is 118 Å². The van der Waals surface area contributed by atoms with Gasteiger partial charge in [-0.25, -0.2) is 0 Å². The van der Waals surface area contributed by atoms with Gasteiger partial charge in [0.25, 0.3) is 0 Å². The number of hydrogen-bond acceptors (Lipinski definition) is 1. The first-order valence-electron chi connectivity index (χ1n) is 7.98. The van der Waals surface area contributed by atoms with Crippen molar-refractivity contribution in [2.75, 3.05) is 7.05 Å². The normalized spacial score (nSPS) is 18.1. The summed E-state index contributed by atoms with van der Waals surface area (Å²) in [4.78, 5) is 0. The lowest BCUT2D eigenvalue weighted by molar-refractivity contribution is 0.427. The lowest BCUT2D eigenvalue weighted by Gasteiger charge is -2.19. The van der Waals surface area contributed by atoms with Gasteiger partial charge in [0.2, 0.25) is 0 Å². The quantitative estimate of drug-likeness (QED) is 0.754. The van der Waals surface area contributed by atoms with Gasteiger partial charge < -0.3 is 5.32 Å². The molecule has 1 aliphatic rings. The molecule has 1 aromatic rings. The van der Waals surface area contributed by atoms with Gasteiger partial charge in [0.05, 0.1) is 0 Å². The van der Waals surface area contributed by atoms with Crippen molar-refractivity contribution in [2.45, 2.75) is 64.3 Å². The van der Waals surface area contributed by atoms with Crippen LogP contribution in [0.25, 0.3) is 0 Å². The monoisotopic (exact) mass is 259 g/mol. The largest absolute Gasteiger partial charge is 0.313 e. The summed E-state index contributed by atoms with van der Waals surface area (Å²) in [6.07, 6.45) is 8.50. The Kier molecular flexibility index (Phi) is 5.45. The van der Waals surface area contributed by atoms with Gasteiger partial charge >= 0.3 is 0 Å². The molecule has 1 fully saturated rings. The molecule has 0 radical (unpaired) electrons. The highest BCUT2D eigenvalue weighted by Gasteiger charge is 2.17. The van der Waals surface area contributed by atoms with E-state index < -0.39 is 0 Å². The van der Waals surface area contributed by atoms with E-state index in [1.807, 2.05) is 0 Å². The van der Waals surface area contributed by atoms with E-state index in [1.165, 1.54) is 49.7 Å². The van der Waals surface area contributed by atoms with Crippen LogP contribution in [0.1, 0.15) is 75.5 Å². The van der Waals surface area contributed by atoms with Gasteiger partial charge in [-0.2, -0.15) is 0 Å². The summed E-state index contributed by atoms with van der Waals surface area (Å²) in [5.41, 5.74) is 2.89. The van der Waals surface area contributed by atoms with Crippen LogP contribution < -0.4 is 5.32 Å². The average Bonchev–Trinajstić information content (AvgIpc) is 2.93. The maximum atomic E-state index is 3.49. The van der Waals surface area contributed by atoms with E-state index in [0.29, 0.717) is 12.0 Å². The Morgan fingerprint density at radius 1 is 1.05 bits per heavy atom. The molecule has 1 aliphatic carbocycles. The van der Waals surface area contributed by atoms with E-state index in [0.717, 1.165) is 5.92 Å². The zero-order chi connectivity index (χ0) is 13.7. The van der Waals surface area contributed by atoms with E-state index in [-0.39, 0.29) is 0 Å². The van der Waals surface area contributed by atoms with Gasteiger partial charge in [0.1, 0.15) is 0 Å². The van der Waals surface area contributed by atoms with Gasteiger partial charge in [-0.1, -0.05) is 63.8 Å². The number of hydrogen-bond donors (Lipinski definition) is 1. The van der Waals surface area contributed by atoms with Crippen molar-refractivity contribution in [3.8, 4) is 0 Å². The van der Waals surface area contributed by atoms with E-state index in [4.69, 9.17) is 0 Å². The number of nitrogens with one attached hydrogen (secondary N) is 1. The van der Waals surface area contributed by atoms with Crippen molar-refractivity contribution in [1.29, 1.82) is 0 Å². The summed E-state index contributed by atoms with van der Waals surface area (Å²) < 4.78 is 0. The first-order valence-corrected chi connectivity index (χ1v) is 7.98. The standard InChI is InChI=1S/C18H29N/c1-14(2)16-9-11-17(12-10-16)18(19-3)13-8-15-6-4-5-7-15/h9-12,14-15,18-19H,4-8,13H2,1-3H3. The molecular formula is C18H29N. The fraction of sp³-hybridized carbons (Fsp3) is 0.667. The summed E-state index contributed by atoms with van der Waals surface area (Å²) in [5.74, 6) is 1.62. The molecule has 0 bridgehead atoms. The summed E-state index contributed by atoms with van der Waals surface area (Å²) in [6, 6.07) is 9.73. The Morgan fingerprint density at radius 3 is 2.16 bits per heavy atom. The molecule has 0 saturated heterocycles. The highest BCUT2D eigenvalue weighted by molar-refractivity contribution is 5.26. The molecule has 0 amide bonds. The highest BCUT2D eigenvalue weighted by atomic mass is 14.9. The second kappa shape index (κ2) is 7.09. The second-order valence-corrected chi connectivity index (χ2v) is 6.39. The van der Waals surface area contributed by atoms with Crippen LogP contribution in [-0.2, 0) is 0 Å². The molecule has 1 heteroatoms. The van der Waals surface area contributed by atoms with Crippen molar-refractivity contribution in [3.05, 3.63) is 35.4 Å². The predicted molar refractivity (Wildman–Crippen MR) is 83.5 cm³/mol. The van der Waals surface area contributed by atoms with Gasteiger partial charge in [0.15, 0.2) is 0 Å². The minimum absolute atomic E-state index is 0.529. The minimum Gasteiger partial charge on any atom is -0.313 e. The second-order valence-electron chi connectivity index (χ2n) is 6.39. The Morgan fingerprint density at radius 2 is 1.63 bits per heavy atom. The maximum Gasteiger partial charge on any atom is 0.0317 e. The molecule has 1 N–H and O–H groups in total. The smallest absolute Gasteiger partial charge is 0.0317 e. The van der Waals surface area contributed by atoms with Crippen LogP contribution in [0, 0.1) is 5.92 Å². The molecule has 1 saturated carbocycles. The highest BCUT2D eigenvalue weighted by Crippen LogP contribution is 2.31. The summed E-state index contributed by atoms with van der Waals surface area (Å²) in [6.45, 7) is 4.51. The van der Waals surface area contributed by atoms with Crippen LogP contribution in [0.2, 0.25) is 0 Å². The first-order chi connectivity index (χ1) is 9.20. The van der Waals surface area contributed by atoms with Crippen LogP contribution in [0.15, 0.2) is 24.3 Å². The molecule has 2 rings (SSSR count). The van der Waals surface area contributed by atoms with Gasteiger partial charge in [-0.05, 0) is 42.9 Å². The Balaban J connectivity index is 1.92. The molecule has 1 nitrogen and oxygen atoms in total. The predicted octanol–water partition coefficient (Wildman–Crippen LogP) is 5.04. The van der Waals surface area contributed by atoms with E-state index in [9.17, 15) is 0 Å². The minimum atomic E-state index is 0.529. The molecule has 0 heterocycles. The lowest BCUT2D eigenvalue weighted by Crippen LogP contribution is -2.17. The van der Waals surface area contributed by atoms with E-state index >= 15 is 0 Å². The molecule has 1 atom stereocenters. The summed E-state index contributed by atoms with van der Waals surface area (Å²) >= 11 is 0. The first kappa shape index (κ1) is 14.6. The third kappa shape index (κ3) is 4.07. The molecule has 0 aromatic heterocycles. The molecule has 19 heavy (non-hydrogen) atoms. The molecule has 1 unspecified atom stereocenters. The molecule has 0 spiro atoms. The fourth-order valence-corrected chi connectivity index (χ4v) is 3.29. The maximum absolute atomic E-state index is 3.49. The van der Waals surface area contributed by atoms with Crippen molar-refractivity contribution in [3.63, 3.8) is 0 Å². The van der Waals surface area contributed by atoms with E-state index in [2.05, 4.69) is 50.5 Å². The summed E-state index contributed by atoms with van der Waals surface area (Å²) in [5, 5.41) is 3.49. The molecular weight excluding hydrogens is 230 g/mol. The fourth-order valence-electron chi connectivity index (χ4n) is 3.29. The Bertz CT molecular complexity index is 360. The topological polar surface area (TPSA) is 12.0 Å². The van der Waals surface area contributed by atoms with E-state index in [1.54, 1.807) is 0 Å². The molecule has 106 valence electrons. The number of rotatable bonds is 6. The van der Waals surface area contributed by atoms with Crippen molar-refractivity contribution in [2.24, 2.45) is 5.92 Å². The van der Waals surface area contributed by atoms with Crippen LogP contribution in [-0.4, -0.2) is 7.05 Å². The summed E-state index contributed by atoms with van der Waals surface area (Å²) in [7, 11) is 2.09. The van der Waals surface area contributed by atoms with Crippen molar-refractivity contribution < 1.29 is 0 Å². The van der Waals surface area contributed by atoms with Crippen LogP contribution in [0.5, 0.6) is 0 Å². The number of benzene rings is 1. The van der Waals surface area contributed by atoms with Gasteiger partial charge in [-0.15, -0.1) is 0 Å². The average molecular weight is 259 g/mol. The zero-order valence-corrected chi connectivity index (χ0v) is 12.8. The van der Waals surface area contributed by atoms with Gasteiger partial charge in [0, 0.05) is 6.04 Å². The van der Waals surface area contributed by atoms with Crippen molar-refractivity contribution >= 4 is 0 Å². The zero-order valence-electron chi connectivity index (χ0n) is 12.8. The van der Waals surface area contributed by atoms with Crippen LogP contribution >= 0.6 is 0 Å². The third-order valence-corrected chi connectivity index (χ3v) is 4.69. The molecule has 1 aromatic carbocycles. The SMILES string of the molecule is CNC(CCC1CCCC1)c1ccc(C(C)C)cc1. The Hall–Kier alpha value is -0.820. The van der Waals surface area contributed by atoms with Crippen LogP contribution in [0.3, 0.4) is 0 Å².